The van der Waals surface area contributed by atoms with Crippen molar-refractivity contribution in [1.82, 2.24) is 4.98 Å². The van der Waals surface area contributed by atoms with Gasteiger partial charge in [-0.2, -0.15) is 11.8 Å². The molecule has 0 aliphatic rings. The van der Waals surface area contributed by atoms with E-state index in [0.29, 0.717) is 5.69 Å². The third-order valence-electron chi connectivity index (χ3n) is 2.64. The van der Waals surface area contributed by atoms with Crippen LogP contribution in [-0.4, -0.2) is 23.0 Å². The Hall–Kier alpha value is -1.20. The number of thioether (sulfide) groups is 1. The smallest absolute Gasteiger partial charge is 0.0743 e. The molecule has 0 bridgehead atoms. The molecular weight excluding hydrogens is 322 g/mol. The average molecular weight is 338 g/mol. The number of hydrogen-bond acceptors (Lipinski definition) is 4. The zero-order valence-electron chi connectivity index (χ0n) is 10.5. The molecule has 1 heterocycles. The summed E-state index contributed by atoms with van der Waals surface area (Å²) in [5.74, 6) is 1.99. The predicted octanol–water partition coefficient (Wildman–Crippen LogP) is 3.91. The van der Waals surface area contributed by atoms with Gasteiger partial charge in [0.05, 0.1) is 23.1 Å². The van der Waals surface area contributed by atoms with Crippen LogP contribution in [0, 0.1) is 0 Å². The van der Waals surface area contributed by atoms with Crippen LogP contribution in [0.3, 0.4) is 0 Å². The number of aromatic nitrogens is 1. The number of nitrogens with two attached hydrogens (primary N) is 1. The first-order valence-electron chi connectivity index (χ1n) is 5.98. The lowest BCUT2D eigenvalue weighted by molar-refractivity contribution is 1.23. The summed E-state index contributed by atoms with van der Waals surface area (Å²) >= 11 is 5.32. The summed E-state index contributed by atoms with van der Waals surface area (Å²) in [7, 11) is 0. The van der Waals surface area contributed by atoms with Crippen LogP contribution >= 0.6 is 27.7 Å². The highest BCUT2D eigenvalue weighted by atomic mass is 79.9. The lowest BCUT2D eigenvalue weighted by Gasteiger charge is -2.12. The molecular formula is C14H16BrN3S. The van der Waals surface area contributed by atoms with E-state index >= 15 is 0 Å². The Labute approximate surface area is 125 Å². The Morgan fingerprint density at radius 2 is 2.32 bits per heavy atom. The van der Waals surface area contributed by atoms with Crippen LogP contribution in [0.15, 0.2) is 41.5 Å². The van der Waals surface area contributed by atoms with Crippen LogP contribution in [0.4, 0.5) is 11.4 Å². The minimum Gasteiger partial charge on any atom is -0.396 e. The first-order valence-corrected chi connectivity index (χ1v) is 7.93. The number of fused-ring (bicyclic) bond motifs is 1. The monoisotopic (exact) mass is 337 g/mol. The number of halogens is 1. The van der Waals surface area contributed by atoms with E-state index in [1.807, 2.05) is 36.0 Å². The molecule has 0 saturated heterocycles. The van der Waals surface area contributed by atoms with Gasteiger partial charge in [0.15, 0.2) is 0 Å². The van der Waals surface area contributed by atoms with Crippen molar-refractivity contribution in [3.05, 3.63) is 41.5 Å². The van der Waals surface area contributed by atoms with Gasteiger partial charge in [-0.3, -0.25) is 4.98 Å². The molecule has 1 aromatic carbocycles. The van der Waals surface area contributed by atoms with Crippen molar-refractivity contribution in [2.24, 2.45) is 0 Å². The second kappa shape index (κ2) is 6.82. The maximum atomic E-state index is 6.01. The van der Waals surface area contributed by atoms with Gasteiger partial charge in [-0.15, -0.1) is 6.58 Å². The molecule has 5 heteroatoms. The minimum absolute atomic E-state index is 0.680. The molecule has 0 aliphatic heterocycles. The van der Waals surface area contributed by atoms with Crippen molar-refractivity contribution in [3.63, 3.8) is 0 Å². The van der Waals surface area contributed by atoms with Crippen molar-refractivity contribution in [1.29, 1.82) is 0 Å². The number of hydrogen-bond donors (Lipinski definition) is 2. The Morgan fingerprint density at radius 3 is 3.11 bits per heavy atom. The van der Waals surface area contributed by atoms with Crippen molar-refractivity contribution in [2.45, 2.75) is 0 Å². The van der Waals surface area contributed by atoms with E-state index in [2.05, 4.69) is 32.8 Å². The summed E-state index contributed by atoms with van der Waals surface area (Å²) in [5.41, 5.74) is 8.60. The molecule has 3 nitrogen and oxygen atoms in total. The SMILES string of the molecule is C=CCSCCNc1c(N)cnc2ccc(Br)cc12. The van der Waals surface area contributed by atoms with Crippen molar-refractivity contribution in [3.8, 4) is 0 Å². The molecule has 100 valence electrons. The van der Waals surface area contributed by atoms with Gasteiger partial charge in [0.1, 0.15) is 0 Å². The van der Waals surface area contributed by atoms with E-state index in [1.165, 1.54) is 0 Å². The molecule has 0 spiro atoms. The summed E-state index contributed by atoms with van der Waals surface area (Å²) in [6, 6.07) is 6.00. The van der Waals surface area contributed by atoms with Crippen LogP contribution in [0.1, 0.15) is 0 Å². The predicted molar refractivity (Wildman–Crippen MR) is 89.9 cm³/mol. The Balaban J connectivity index is 2.18. The minimum atomic E-state index is 0.680. The van der Waals surface area contributed by atoms with Crippen molar-refractivity contribution in [2.75, 3.05) is 29.1 Å². The van der Waals surface area contributed by atoms with E-state index in [-0.39, 0.29) is 0 Å². The first kappa shape index (κ1) is 14.2. The Bertz CT molecular complexity index is 581. The van der Waals surface area contributed by atoms with Crippen molar-refractivity contribution >= 4 is 50.0 Å². The average Bonchev–Trinajstić information content (AvgIpc) is 2.40. The molecule has 0 fully saturated rings. The maximum Gasteiger partial charge on any atom is 0.0743 e. The molecule has 0 saturated carbocycles. The van der Waals surface area contributed by atoms with E-state index in [1.54, 1.807) is 6.20 Å². The highest BCUT2D eigenvalue weighted by molar-refractivity contribution is 9.10. The topological polar surface area (TPSA) is 50.9 Å². The number of anilines is 2. The van der Waals surface area contributed by atoms with Gasteiger partial charge in [0.2, 0.25) is 0 Å². The molecule has 0 amide bonds. The van der Waals surface area contributed by atoms with Crippen molar-refractivity contribution < 1.29 is 0 Å². The van der Waals surface area contributed by atoms with Gasteiger partial charge < -0.3 is 11.1 Å². The Kier molecular flexibility index (Phi) is 5.10. The lowest BCUT2D eigenvalue weighted by atomic mass is 10.1. The Morgan fingerprint density at radius 1 is 1.47 bits per heavy atom. The maximum absolute atomic E-state index is 6.01. The van der Waals surface area contributed by atoms with Gasteiger partial charge in [0.25, 0.3) is 0 Å². The highest BCUT2D eigenvalue weighted by Crippen LogP contribution is 2.29. The molecule has 3 N–H and O–H groups in total. The van der Waals surface area contributed by atoms with Gasteiger partial charge in [-0.1, -0.05) is 22.0 Å². The van der Waals surface area contributed by atoms with Gasteiger partial charge in [0, 0.05) is 27.9 Å². The van der Waals surface area contributed by atoms with E-state index in [0.717, 1.165) is 39.1 Å². The highest BCUT2D eigenvalue weighted by Gasteiger charge is 2.06. The van der Waals surface area contributed by atoms with Gasteiger partial charge in [-0.25, -0.2) is 0 Å². The van der Waals surface area contributed by atoms with Gasteiger partial charge in [-0.05, 0) is 18.2 Å². The second-order valence-corrected chi connectivity index (χ2v) is 6.11. The fraction of sp³-hybridized carbons (Fsp3) is 0.214. The number of nitrogens with one attached hydrogen (secondary N) is 1. The molecule has 0 radical (unpaired) electrons. The second-order valence-electron chi connectivity index (χ2n) is 4.04. The molecule has 2 aromatic rings. The molecule has 19 heavy (non-hydrogen) atoms. The van der Waals surface area contributed by atoms with Crippen LogP contribution in [0.5, 0.6) is 0 Å². The van der Waals surface area contributed by atoms with Crippen LogP contribution in [0.25, 0.3) is 10.9 Å². The van der Waals surface area contributed by atoms with E-state index in [4.69, 9.17) is 5.73 Å². The number of rotatable bonds is 6. The summed E-state index contributed by atoms with van der Waals surface area (Å²) in [4.78, 5) is 4.34. The van der Waals surface area contributed by atoms with E-state index < -0.39 is 0 Å². The third-order valence-corrected chi connectivity index (χ3v) is 4.10. The summed E-state index contributed by atoms with van der Waals surface area (Å²) in [6.07, 6.45) is 3.62. The van der Waals surface area contributed by atoms with Crippen LogP contribution in [-0.2, 0) is 0 Å². The standard InChI is InChI=1S/C14H16BrN3S/c1-2-6-19-7-5-17-14-11-8-10(15)3-4-13(11)18-9-12(14)16/h2-4,8-9H,1,5-7,16H2,(H,17,18). The number of nitrogen functional groups attached to an aromatic ring is 1. The van der Waals surface area contributed by atoms with Crippen LogP contribution in [0.2, 0.25) is 0 Å². The number of benzene rings is 1. The molecule has 1 aromatic heterocycles. The fourth-order valence-corrected chi connectivity index (χ4v) is 2.73. The zero-order valence-corrected chi connectivity index (χ0v) is 12.9. The number of pyridine rings is 1. The summed E-state index contributed by atoms with van der Waals surface area (Å²) < 4.78 is 1.02. The lowest BCUT2D eigenvalue weighted by Crippen LogP contribution is -2.07. The summed E-state index contributed by atoms with van der Waals surface area (Å²) in [6.45, 7) is 4.58. The molecule has 0 atom stereocenters. The summed E-state index contributed by atoms with van der Waals surface area (Å²) in [5, 5.41) is 4.45. The quantitative estimate of drug-likeness (QED) is 0.619. The van der Waals surface area contributed by atoms with E-state index in [9.17, 15) is 0 Å². The largest absolute Gasteiger partial charge is 0.396 e. The molecule has 0 aliphatic carbocycles. The molecule has 0 unspecified atom stereocenters. The molecule has 2 rings (SSSR count). The number of nitrogens with zero attached hydrogens (tertiary/aromatic N) is 1. The van der Waals surface area contributed by atoms with Gasteiger partial charge >= 0.3 is 0 Å². The normalized spacial score (nSPS) is 10.6. The zero-order chi connectivity index (χ0) is 13.7. The van der Waals surface area contributed by atoms with Crippen LogP contribution < -0.4 is 11.1 Å². The first-order chi connectivity index (χ1) is 9.22. The third kappa shape index (κ3) is 3.64. The fourth-order valence-electron chi connectivity index (χ4n) is 1.79.